The molecule has 1 aliphatic heterocycles. The third-order valence-corrected chi connectivity index (χ3v) is 5.16. The minimum atomic E-state index is -0.365. The van der Waals surface area contributed by atoms with Crippen LogP contribution in [0.15, 0.2) is 23.4 Å². The topological polar surface area (TPSA) is 82.3 Å². The van der Waals surface area contributed by atoms with Crippen LogP contribution in [0.1, 0.15) is 83.1 Å². The zero-order chi connectivity index (χ0) is 18.8. The van der Waals surface area contributed by atoms with E-state index in [2.05, 4.69) is 12.1 Å². The maximum atomic E-state index is 9.63. The normalized spacial score (nSPS) is 20.8. The van der Waals surface area contributed by atoms with Crippen LogP contribution < -0.4 is 4.74 Å². The first-order valence-corrected chi connectivity index (χ1v) is 9.92. The number of phenolic OH excluding ortho intramolecular Hbond substituents is 1. The van der Waals surface area contributed by atoms with E-state index in [1.165, 1.54) is 38.5 Å². The monoisotopic (exact) mass is 363 g/mol. The molecule has 1 aromatic rings. The summed E-state index contributed by atoms with van der Waals surface area (Å²) in [5.74, 6) is 0.820. The van der Waals surface area contributed by atoms with E-state index in [4.69, 9.17) is 9.84 Å². The Bertz CT molecular complexity index is 587. The fourth-order valence-corrected chi connectivity index (χ4v) is 3.66. The summed E-state index contributed by atoms with van der Waals surface area (Å²) in [7, 11) is 0. The number of oxime groups is 1. The highest BCUT2D eigenvalue weighted by molar-refractivity contribution is 6.04. The first kappa shape index (κ1) is 20.6. The van der Waals surface area contributed by atoms with Crippen molar-refractivity contribution < 1.29 is 20.2 Å². The van der Waals surface area contributed by atoms with Crippen molar-refractivity contribution in [2.75, 3.05) is 6.61 Å². The van der Waals surface area contributed by atoms with Crippen molar-refractivity contribution in [1.29, 1.82) is 0 Å². The van der Waals surface area contributed by atoms with Crippen molar-refractivity contribution in [3.63, 3.8) is 0 Å². The lowest BCUT2D eigenvalue weighted by Gasteiger charge is -2.36. The molecule has 146 valence electrons. The maximum Gasteiger partial charge on any atom is 0.129 e. The van der Waals surface area contributed by atoms with Crippen molar-refractivity contribution >= 4 is 5.71 Å². The van der Waals surface area contributed by atoms with Crippen LogP contribution in [0.2, 0.25) is 0 Å². The number of aliphatic hydroxyl groups is 1. The highest BCUT2D eigenvalue weighted by Gasteiger charge is 2.35. The van der Waals surface area contributed by atoms with Crippen LogP contribution in [0, 0.1) is 0 Å². The molecule has 0 saturated carbocycles. The second-order valence-corrected chi connectivity index (χ2v) is 7.61. The van der Waals surface area contributed by atoms with Gasteiger partial charge in [0.25, 0.3) is 0 Å². The minimum Gasteiger partial charge on any atom is -0.508 e. The van der Waals surface area contributed by atoms with E-state index >= 15 is 0 Å². The highest BCUT2D eigenvalue weighted by atomic mass is 16.5. The van der Waals surface area contributed by atoms with Gasteiger partial charge in [-0.15, -0.1) is 0 Å². The molecule has 0 aromatic heterocycles. The molecule has 0 bridgehead atoms. The molecule has 2 rings (SSSR count). The molecule has 5 heteroatoms. The fourth-order valence-electron chi connectivity index (χ4n) is 3.66. The van der Waals surface area contributed by atoms with E-state index in [9.17, 15) is 10.3 Å². The minimum absolute atomic E-state index is 0.147. The van der Waals surface area contributed by atoms with Crippen LogP contribution in [0.4, 0.5) is 0 Å². The molecule has 1 atom stereocenters. The Morgan fingerprint density at radius 1 is 1.00 bits per heavy atom. The van der Waals surface area contributed by atoms with E-state index in [1.54, 1.807) is 18.2 Å². The number of aromatic hydroxyl groups is 1. The summed E-state index contributed by atoms with van der Waals surface area (Å²) in [4.78, 5) is 0. The third kappa shape index (κ3) is 6.20. The summed E-state index contributed by atoms with van der Waals surface area (Å²) in [6.45, 7) is 2.38. The van der Waals surface area contributed by atoms with Crippen molar-refractivity contribution in [3.05, 3.63) is 23.8 Å². The van der Waals surface area contributed by atoms with Crippen molar-refractivity contribution in [1.82, 2.24) is 0 Å². The number of ether oxygens (including phenoxy) is 1. The molecule has 0 radical (unpaired) electrons. The second kappa shape index (κ2) is 10.4. The average molecular weight is 363 g/mol. The molecule has 0 aliphatic carbocycles. The van der Waals surface area contributed by atoms with E-state index in [0.29, 0.717) is 30.1 Å². The van der Waals surface area contributed by atoms with Gasteiger partial charge in [-0.25, -0.2) is 0 Å². The molecule has 0 amide bonds. The van der Waals surface area contributed by atoms with Gasteiger partial charge >= 0.3 is 0 Å². The molecule has 0 spiro atoms. The van der Waals surface area contributed by atoms with Crippen LogP contribution in [0.3, 0.4) is 0 Å². The van der Waals surface area contributed by atoms with Crippen molar-refractivity contribution in [3.8, 4) is 11.5 Å². The predicted octanol–water partition coefficient (Wildman–Crippen LogP) is 5.01. The number of fused-ring (bicyclic) bond motifs is 1. The number of aliphatic hydroxyl groups excluding tert-OH is 1. The first-order valence-electron chi connectivity index (χ1n) is 9.92. The molecule has 3 N–H and O–H groups in total. The molecule has 5 nitrogen and oxygen atoms in total. The average Bonchev–Trinajstić information content (AvgIpc) is 2.63. The summed E-state index contributed by atoms with van der Waals surface area (Å²) in [5.41, 5.74) is 0.884. The van der Waals surface area contributed by atoms with Gasteiger partial charge in [-0.1, -0.05) is 50.1 Å². The number of hydrogen-bond acceptors (Lipinski definition) is 5. The van der Waals surface area contributed by atoms with E-state index < -0.39 is 0 Å². The standard InChI is InChI=1S/C21H33NO4/c1-21(13-9-7-5-3-2-4-6-8-10-14-23)16-19(22-25)18-15-17(24)11-12-20(18)26-21/h11-12,15,23-25H,2-10,13-14,16H2,1H3/b22-19-. The molecule has 0 saturated heterocycles. The van der Waals surface area contributed by atoms with Crippen molar-refractivity contribution in [2.45, 2.75) is 83.2 Å². The van der Waals surface area contributed by atoms with Crippen LogP contribution in [0.5, 0.6) is 11.5 Å². The molecule has 1 aliphatic rings. The van der Waals surface area contributed by atoms with E-state index in [1.807, 2.05) is 0 Å². The van der Waals surface area contributed by atoms with E-state index in [0.717, 1.165) is 25.7 Å². The van der Waals surface area contributed by atoms with Gasteiger partial charge in [-0.2, -0.15) is 0 Å². The molecule has 1 unspecified atom stereocenters. The summed E-state index contributed by atoms with van der Waals surface area (Å²) >= 11 is 0. The van der Waals surface area contributed by atoms with Gasteiger partial charge < -0.3 is 20.2 Å². The molecule has 0 fully saturated rings. The Morgan fingerprint density at radius 3 is 2.23 bits per heavy atom. The van der Waals surface area contributed by atoms with Gasteiger partial charge in [0.1, 0.15) is 17.1 Å². The second-order valence-electron chi connectivity index (χ2n) is 7.61. The van der Waals surface area contributed by atoms with E-state index in [-0.39, 0.29) is 11.4 Å². The zero-order valence-electron chi connectivity index (χ0n) is 15.9. The Hall–Kier alpha value is -1.75. The Balaban J connectivity index is 1.70. The lowest BCUT2D eigenvalue weighted by Crippen LogP contribution is -2.39. The maximum absolute atomic E-state index is 9.63. The lowest BCUT2D eigenvalue weighted by molar-refractivity contribution is 0.0764. The van der Waals surface area contributed by atoms with Crippen LogP contribution in [0.25, 0.3) is 0 Å². The Morgan fingerprint density at radius 2 is 1.62 bits per heavy atom. The summed E-state index contributed by atoms with van der Waals surface area (Å²) in [6.07, 6.45) is 12.1. The third-order valence-electron chi connectivity index (χ3n) is 5.16. The number of hydrogen-bond donors (Lipinski definition) is 3. The number of nitrogens with zero attached hydrogens (tertiary/aromatic N) is 1. The molecule has 1 heterocycles. The predicted molar refractivity (Wildman–Crippen MR) is 103 cm³/mol. The highest BCUT2D eigenvalue weighted by Crippen LogP contribution is 2.38. The smallest absolute Gasteiger partial charge is 0.129 e. The molecule has 26 heavy (non-hydrogen) atoms. The Kier molecular flexibility index (Phi) is 8.23. The van der Waals surface area contributed by atoms with Crippen LogP contribution >= 0.6 is 0 Å². The zero-order valence-corrected chi connectivity index (χ0v) is 15.9. The number of benzene rings is 1. The van der Waals surface area contributed by atoms with Gasteiger partial charge in [0.15, 0.2) is 0 Å². The fraction of sp³-hybridized carbons (Fsp3) is 0.667. The van der Waals surface area contributed by atoms with Gasteiger partial charge in [0.05, 0.1) is 5.71 Å². The summed E-state index contributed by atoms with van der Waals surface area (Å²) < 4.78 is 6.17. The lowest BCUT2D eigenvalue weighted by atomic mass is 9.86. The van der Waals surface area contributed by atoms with Crippen LogP contribution in [-0.2, 0) is 0 Å². The quantitative estimate of drug-likeness (QED) is 0.293. The number of phenols is 1. The summed E-state index contributed by atoms with van der Waals surface area (Å²) in [5, 5.41) is 31.2. The largest absolute Gasteiger partial charge is 0.508 e. The number of rotatable bonds is 11. The van der Waals surface area contributed by atoms with Crippen LogP contribution in [-0.4, -0.2) is 33.3 Å². The van der Waals surface area contributed by atoms with Gasteiger partial charge in [-0.05, 0) is 44.4 Å². The van der Waals surface area contributed by atoms with Crippen molar-refractivity contribution in [2.24, 2.45) is 5.16 Å². The Labute approximate surface area is 156 Å². The summed E-state index contributed by atoms with van der Waals surface area (Å²) in [6, 6.07) is 4.93. The van der Waals surface area contributed by atoms with Gasteiger partial charge in [0, 0.05) is 18.6 Å². The van der Waals surface area contributed by atoms with Gasteiger partial charge in [0.2, 0.25) is 0 Å². The molecular weight excluding hydrogens is 330 g/mol. The first-order chi connectivity index (χ1) is 12.6. The molecule has 1 aromatic carbocycles. The SMILES string of the molecule is CC1(CCCCCCCCCCCO)C/C(=N/O)c2cc(O)ccc2O1. The number of unbranched alkanes of at least 4 members (excludes halogenated alkanes) is 8. The molecular formula is C21H33NO4. The van der Waals surface area contributed by atoms with Gasteiger partial charge in [-0.3, -0.25) is 0 Å².